The lowest BCUT2D eigenvalue weighted by Gasteiger charge is -2.18. The van der Waals surface area contributed by atoms with E-state index in [0.29, 0.717) is 29.1 Å². The van der Waals surface area contributed by atoms with Crippen LogP contribution in [0.15, 0.2) is 24.3 Å². The summed E-state index contributed by atoms with van der Waals surface area (Å²) < 4.78 is 15.9. The van der Waals surface area contributed by atoms with Crippen LogP contribution in [0.1, 0.15) is 44.9 Å². The van der Waals surface area contributed by atoms with Crippen molar-refractivity contribution in [1.82, 2.24) is 4.98 Å². The molecule has 3 rings (SSSR count). The maximum atomic E-state index is 12.9. The second-order valence-electron chi connectivity index (χ2n) is 6.68. The highest BCUT2D eigenvalue weighted by Gasteiger charge is 2.28. The molecule has 1 aliphatic heterocycles. The molecule has 1 aliphatic rings. The molecule has 1 saturated heterocycles. The van der Waals surface area contributed by atoms with Crippen molar-refractivity contribution in [2.24, 2.45) is 0 Å². The van der Waals surface area contributed by atoms with Crippen LogP contribution in [0, 0.1) is 13.8 Å². The van der Waals surface area contributed by atoms with Crippen LogP contribution in [-0.2, 0) is 14.2 Å². The molecule has 0 saturated carbocycles. The zero-order valence-corrected chi connectivity index (χ0v) is 16.2. The first-order valence-electron chi connectivity index (χ1n) is 9.10. The van der Waals surface area contributed by atoms with E-state index in [1.807, 2.05) is 0 Å². The van der Waals surface area contributed by atoms with Gasteiger partial charge in [-0.05, 0) is 44.4 Å². The van der Waals surface area contributed by atoms with Crippen molar-refractivity contribution < 1.29 is 28.9 Å². The quantitative estimate of drug-likeness (QED) is 0.790. The summed E-state index contributed by atoms with van der Waals surface area (Å²) in [7, 11) is 1.27. The van der Waals surface area contributed by atoms with Crippen molar-refractivity contribution in [2.45, 2.75) is 32.8 Å². The molecule has 2 heterocycles. The third kappa shape index (κ3) is 3.99. The number of pyridine rings is 1. The van der Waals surface area contributed by atoms with E-state index in [0.717, 1.165) is 12.8 Å². The smallest absolute Gasteiger partial charge is 0.340 e. The van der Waals surface area contributed by atoms with Crippen molar-refractivity contribution in [3.05, 3.63) is 46.8 Å². The summed E-state index contributed by atoms with van der Waals surface area (Å²) in [6.45, 7) is 4.16. The summed E-state index contributed by atoms with van der Waals surface area (Å²) in [5, 5.41) is 9.91. The molecule has 28 heavy (non-hydrogen) atoms. The molecule has 7 heteroatoms. The highest BCUT2D eigenvalue weighted by molar-refractivity contribution is 6.07. The Labute approximate surface area is 163 Å². The standard InChI is InChI=1S/C21H23NO6/c1-12-17(20(24)26-3)19(14-6-4-7-15(23)10-14)18(13(2)22-12)21(25)28-11-16-8-5-9-27-16/h4,6-7,10,16,23H,5,8-9,11H2,1-3H3. The number of aromatic hydroxyl groups is 1. The molecule has 1 aromatic heterocycles. The van der Waals surface area contributed by atoms with Crippen LogP contribution in [0.4, 0.5) is 0 Å². The number of phenols is 1. The molecule has 1 fully saturated rings. The van der Waals surface area contributed by atoms with Crippen LogP contribution in [0.2, 0.25) is 0 Å². The van der Waals surface area contributed by atoms with Crippen LogP contribution < -0.4 is 0 Å². The Morgan fingerprint density at radius 3 is 2.54 bits per heavy atom. The number of hydrogen-bond donors (Lipinski definition) is 1. The van der Waals surface area contributed by atoms with Gasteiger partial charge in [0.05, 0.1) is 35.7 Å². The second-order valence-corrected chi connectivity index (χ2v) is 6.68. The van der Waals surface area contributed by atoms with Crippen molar-refractivity contribution in [2.75, 3.05) is 20.3 Å². The van der Waals surface area contributed by atoms with Crippen molar-refractivity contribution in [3.8, 4) is 16.9 Å². The number of carbonyl (C=O) groups is 2. The minimum atomic E-state index is -0.614. The van der Waals surface area contributed by atoms with Gasteiger partial charge in [0.25, 0.3) is 0 Å². The first-order chi connectivity index (χ1) is 13.4. The predicted molar refractivity (Wildman–Crippen MR) is 101 cm³/mol. The zero-order valence-electron chi connectivity index (χ0n) is 16.2. The highest BCUT2D eigenvalue weighted by atomic mass is 16.6. The number of carbonyl (C=O) groups excluding carboxylic acids is 2. The Balaban J connectivity index is 2.11. The molecule has 0 amide bonds. The van der Waals surface area contributed by atoms with E-state index in [1.54, 1.807) is 26.0 Å². The number of ether oxygens (including phenoxy) is 3. The maximum absolute atomic E-state index is 12.9. The molecule has 1 aromatic carbocycles. The van der Waals surface area contributed by atoms with E-state index in [1.165, 1.54) is 19.2 Å². The Bertz CT molecular complexity index is 902. The normalized spacial score (nSPS) is 16.0. The molecule has 7 nitrogen and oxygen atoms in total. The minimum absolute atomic E-state index is 0.0131. The Morgan fingerprint density at radius 1 is 1.21 bits per heavy atom. The van der Waals surface area contributed by atoms with Crippen molar-refractivity contribution in [1.29, 1.82) is 0 Å². The van der Waals surface area contributed by atoms with Gasteiger partial charge in [-0.1, -0.05) is 12.1 Å². The van der Waals surface area contributed by atoms with Crippen molar-refractivity contribution >= 4 is 11.9 Å². The Kier molecular flexibility index (Phi) is 5.94. The van der Waals surface area contributed by atoms with Crippen LogP contribution in [0.5, 0.6) is 5.75 Å². The molecular weight excluding hydrogens is 362 g/mol. The van der Waals surface area contributed by atoms with Gasteiger partial charge in [0.15, 0.2) is 0 Å². The summed E-state index contributed by atoms with van der Waals surface area (Å²) in [5.41, 5.74) is 2.04. The summed E-state index contributed by atoms with van der Waals surface area (Å²) in [5.74, 6) is -1.19. The monoisotopic (exact) mass is 385 g/mol. The molecule has 0 spiro atoms. The SMILES string of the molecule is COC(=O)c1c(C)nc(C)c(C(=O)OCC2CCCO2)c1-c1cccc(O)c1. The number of nitrogens with zero attached hydrogens (tertiary/aromatic N) is 1. The number of phenolic OH excluding ortho intramolecular Hbond substituents is 1. The average Bonchev–Trinajstić information content (AvgIpc) is 3.18. The summed E-state index contributed by atoms with van der Waals surface area (Å²) in [6, 6.07) is 6.34. The fraction of sp³-hybridized carbons (Fsp3) is 0.381. The van der Waals surface area contributed by atoms with Gasteiger partial charge in [-0.25, -0.2) is 9.59 Å². The second kappa shape index (κ2) is 8.39. The molecule has 1 atom stereocenters. The van der Waals surface area contributed by atoms with Gasteiger partial charge in [0.1, 0.15) is 12.4 Å². The number of methoxy groups -OCH3 is 1. The first-order valence-corrected chi connectivity index (χ1v) is 9.10. The topological polar surface area (TPSA) is 95.0 Å². The van der Waals surface area contributed by atoms with Crippen LogP contribution in [0.3, 0.4) is 0 Å². The summed E-state index contributed by atoms with van der Waals surface area (Å²) >= 11 is 0. The lowest BCUT2D eigenvalue weighted by Crippen LogP contribution is -2.21. The van der Waals surface area contributed by atoms with Gasteiger partial charge in [-0.15, -0.1) is 0 Å². The van der Waals surface area contributed by atoms with Gasteiger partial charge in [-0.2, -0.15) is 0 Å². The Hall–Kier alpha value is -2.93. The molecule has 1 N–H and O–H groups in total. The molecular formula is C21H23NO6. The fourth-order valence-electron chi connectivity index (χ4n) is 3.42. The fourth-order valence-corrected chi connectivity index (χ4v) is 3.42. The molecule has 2 aromatic rings. The number of rotatable bonds is 5. The summed E-state index contributed by atoms with van der Waals surface area (Å²) in [4.78, 5) is 29.8. The van der Waals surface area contributed by atoms with Crippen LogP contribution >= 0.6 is 0 Å². The number of hydrogen-bond acceptors (Lipinski definition) is 7. The number of benzene rings is 1. The molecule has 148 valence electrons. The average molecular weight is 385 g/mol. The van der Waals surface area contributed by atoms with E-state index in [9.17, 15) is 14.7 Å². The first kappa shape index (κ1) is 19.8. The zero-order chi connectivity index (χ0) is 20.3. The van der Waals surface area contributed by atoms with Gasteiger partial charge in [-0.3, -0.25) is 4.98 Å². The molecule has 1 unspecified atom stereocenters. The third-order valence-electron chi connectivity index (χ3n) is 4.71. The number of aromatic nitrogens is 1. The van der Waals surface area contributed by atoms with Crippen LogP contribution in [0.25, 0.3) is 11.1 Å². The number of aryl methyl sites for hydroxylation is 2. The van der Waals surface area contributed by atoms with Gasteiger partial charge in [0.2, 0.25) is 0 Å². The van der Waals surface area contributed by atoms with E-state index in [4.69, 9.17) is 14.2 Å². The predicted octanol–water partition coefficient (Wildman–Crippen LogP) is 3.19. The molecule has 0 radical (unpaired) electrons. The van der Waals surface area contributed by atoms with Gasteiger partial charge < -0.3 is 19.3 Å². The van der Waals surface area contributed by atoms with E-state index >= 15 is 0 Å². The van der Waals surface area contributed by atoms with E-state index in [2.05, 4.69) is 4.98 Å². The maximum Gasteiger partial charge on any atom is 0.340 e. The summed E-state index contributed by atoms with van der Waals surface area (Å²) in [6.07, 6.45) is 1.66. The Morgan fingerprint density at radius 2 is 1.93 bits per heavy atom. The van der Waals surface area contributed by atoms with E-state index < -0.39 is 11.9 Å². The lowest BCUT2D eigenvalue weighted by atomic mass is 9.92. The third-order valence-corrected chi connectivity index (χ3v) is 4.71. The minimum Gasteiger partial charge on any atom is -0.508 e. The lowest BCUT2D eigenvalue weighted by molar-refractivity contribution is 0.0161. The van der Waals surface area contributed by atoms with Crippen molar-refractivity contribution in [3.63, 3.8) is 0 Å². The van der Waals surface area contributed by atoms with Crippen LogP contribution in [-0.4, -0.2) is 48.5 Å². The van der Waals surface area contributed by atoms with Gasteiger partial charge in [0, 0.05) is 12.2 Å². The number of esters is 2. The molecule has 0 aliphatic carbocycles. The highest BCUT2D eigenvalue weighted by Crippen LogP contribution is 2.34. The molecule has 0 bridgehead atoms. The van der Waals surface area contributed by atoms with Gasteiger partial charge >= 0.3 is 11.9 Å². The largest absolute Gasteiger partial charge is 0.508 e. The van der Waals surface area contributed by atoms with E-state index in [-0.39, 0.29) is 29.6 Å².